The molecule has 1 aliphatic rings. The molecular weight excluding hydrogens is 354 g/mol. The molecule has 0 saturated carbocycles. The van der Waals surface area contributed by atoms with E-state index in [4.69, 9.17) is 9.37 Å². The van der Waals surface area contributed by atoms with Gasteiger partial charge < -0.3 is 10.1 Å². The summed E-state index contributed by atoms with van der Waals surface area (Å²) < 4.78 is 10.5. The minimum atomic E-state index is -0.272. The van der Waals surface area contributed by atoms with Crippen LogP contribution in [0.1, 0.15) is 48.2 Å². The van der Waals surface area contributed by atoms with Crippen molar-refractivity contribution in [3.8, 4) is 17.0 Å². The topological polar surface area (TPSA) is 77.2 Å². The summed E-state index contributed by atoms with van der Waals surface area (Å²) in [7, 11) is 0. The van der Waals surface area contributed by atoms with Gasteiger partial charge in [-0.3, -0.25) is 4.79 Å². The second kappa shape index (κ2) is 7.84. The average molecular weight is 377 g/mol. The van der Waals surface area contributed by atoms with Crippen LogP contribution >= 0.6 is 0 Å². The lowest BCUT2D eigenvalue weighted by Gasteiger charge is -2.16. The fraction of sp³-hybridized carbons (Fsp3) is 0.318. The molecule has 1 heterocycles. The molecule has 1 N–H and O–H groups in total. The number of carbonyl (C=O) groups excluding carboxylic acids is 1. The SMILES string of the molecule is CC(C)Oc1ccc(C(=O)Nc2nonc2-c2ccc3c(c2)CCCC3)cc1. The number of nitrogens with zero attached hydrogens (tertiary/aromatic N) is 2. The molecule has 0 saturated heterocycles. The van der Waals surface area contributed by atoms with Gasteiger partial charge >= 0.3 is 0 Å². The molecule has 3 aromatic rings. The lowest BCUT2D eigenvalue weighted by atomic mass is 9.90. The Hall–Kier alpha value is -3.15. The summed E-state index contributed by atoms with van der Waals surface area (Å²) in [5.74, 6) is 0.777. The van der Waals surface area contributed by atoms with Gasteiger partial charge in [-0.2, -0.15) is 0 Å². The molecule has 0 bridgehead atoms. The molecule has 2 aromatic carbocycles. The summed E-state index contributed by atoms with van der Waals surface area (Å²) in [6.45, 7) is 3.92. The Bertz CT molecular complexity index is 977. The first-order valence-electron chi connectivity index (χ1n) is 9.63. The fourth-order valence-corrected chi connectivity index (χ4v) is 3.48. The Morgan fingerprint density at radius 1 is 1.04 bits per heavy atom. The van der Waals surface area contributed by atoms with Crippen LogP contribution in [0, 0.1) is 0 Å². The number of aryl methyl sites for hydroxylation is 2. The molecule has 144 valence electrons. The van der Waals surface area contributed by atoms with Crippen LogP contribution < -0.4 is 10.1 Å². The molecule has 0 radical (unpaired) electrons. The number of anilines is 1. The first kappa shape index (κ1) is 18.2. The van der Waals surface area contributed by atoms with Gasteiger partial charge in [-0.1, -0.05) is 12.1 Å². The van der Waals surface area contributed by atoms with Gasteiger partial charge in [0.2, 0.25) is 5.82 Å². The van der Waals surface area contributed by atoms with Gasteiger partial charge in [0, 0.05) is 11.1 Å². The van der Waals surface area contributed by atoms with Crippen LogP contribution in [-0.2, 0) is 12.8 Å². The molecule has 0 aliphatic heterocycles. The van der Waals surface area contributed by atoms with Crippen LogP contribution in [0.25, 0.3) is 11.3 Å². The third-order valence-electron chi connectivity index (χ3n) is 4.83. The van der Waals surface area contributed by atoms with Gasteiger partial charge in [0.25, 0.3) is 5.91 Å². The number of hydrogen-bond acceptors (Lipinski definition) is 5. The van der Waals surface area contributed by atoms with Gasteiger partial charge in [0.05, 0.1) is 6.10 Å². The molecule has 0 spiro atoms. The van der Waals surface area contributed by atoms with Crippen LogP contribution in [0.15, 0.2) is 47.1 Å². The van der Waals surface area contributed by atoms with Crippen molar-refractivity contribution >= 4 is 11.7 Å². The van der Waals surface area contributed by atoms with Crippen LogP contribution in [0.5, 0.6) is 5.75 Å². The number of fused-ring (bicyclic) bond motifs is 1. The van der Waals surface area contributed by atoms with Crippen molar-refractivity contribution in [2.75, 3.05) is 5.32 Å². The van der Waals surface area contributed by atoms with E-state index in [2.05, 4.69) is 27.8 Å². The zero-order valence-corrected chi connectivity index (χ0v) is 16.1. The van der Waals surface area contributed by atoms with Crippen molar-refractivity contribution in [3.63, 3.8) is 0 Å². The molecule has 4 rings (SSSR count). The Morgan fingerprint density at radius 2 is 1.79 bits per heavy atom. The lowest BCUT2D eigenvalue weighted by molar-refractivity contribution is 0.102. The van der Waals surface area contributed by atoms with E-state index in [-0.39, 0.29) is 12.0 Å². The standard InChI is InChI=1S/C22H23N3O3/c1-14(2)27-19-11-9-16(10-12-19)22(26)23-21-20(24-28-25-21)18-8-7-15-5-3-4-6-17(15)13-18/h7-14H,3-6H2,1-2H3,(H,23,25,26). The van der Waals surface area contributed by atoms with Crippen LogP contribution in [0.2, 0.25) is 0 Å². The fourth-order valence-electron chi connectivity index (χ4n) is 3.48. The Morgan fingerprint density at radius 3 is 2.54 bits per heavy atom. The van der Waals surface area contributed by atoms with E-state index in [1.165, 1.54) is 24.0 Å². The second-order valence-electron chi connectivity index (χ2n) is 7.30. The first-order valence-corrected chi connectivity index (χ1v) is 9.63. The zero-order valence-electron chi connectivity index (χ0n) is 16.1. The molecule has 1 aliphatic carbocycles. The van der Waals surface area contributed by atoms with E-state index in [9.17, 15) is 4.79 Å². The Kier molecular flexibility index (Phi) is 5.10. The van der Waals surface area contributed by atoms with Crippen molar-refractivity contribution in [1.29, 1.82) is 0 Å². The number of hydrogen-bond donors (Lipinski definition) is 1. The quantitative estimate of drug-likeness (QED) is 0.700. The first-order chi connectivity index (χ1) is 13.6. The van der Waals surface area contributed by atoms with E-state index >= 15 is 0 Å². The van der Waals surface area contributed by atoms with E-state index in [0.717, 1.165) is 24.2 Å². The van der Waals surface area contributed by atoms with Crippen LogP contribution in [0.3, 0.4) is 0 Å². The van der Waals surface area contributed by atoms with E-state index in [0.29, 0.717) is 17.1 Å². The summed E-state index contributed by atoms with van der Waals surface area (Å²) >= 11 is 0. The molecule has 0 fully saturated rings. The minimum Gasteiger partial charge on any atom is -0.491 e. The van der Waals surface area contributed by atoms with Gasteiger partial charge in [-0.05, 0) is 91.3 Å². The van der Waals surface area contributed by atoms with E-state index in [1.807, 2.05) is 19.9 Å². The number of carbonyl (C=O) groups is 1. The third kappa shape index (κ3) is 3.91. The minimum absolute atomic E-state index is 0.0834. The Labute approximate surface area is 163 Å². The Balaban J connectivity index is 1.52. The molecule has 6 heteroatoms. The lowest BCUT2D eigenvalue weighted by Crippen LogP contribution is -2.13. The summed E-state index contributed by atoms with van der Waals surface area (Å²) in [6, 6.07) is 13.3. The smallest absolute Gasteiger partial charge is 0.256 e. The second-order valence-corrected chi connectivity index (χ2v) is 7.30. The van der Waals surface area contributed by atoms with Crippen molar-refractivity contribution in [2.45, 2.75) is 45.6 Å². The number of ether oxygens (including phenoxy) is 1. The number of amides is 1. The van der Waals surface area contributed by atoms with Crippen molar-refractivity contribution in [3.05, 3.63) is 59.2 Å². The largest absolute Gasteiger partial charge is 0.491 e. The molecule has 28 heavy (non-hydrogen) atoms. The molecule has 0 atom stereocenters. The summed E-state index contributed by atoms with van der Waals surface area (Å²) in [5, 5.41) is 10.7. The predicted octanol–water partition coefficient (Wildman–Crippen LogP) is 4.65. The van der Waals surface area contributed by atoms with Crippen molar-refractivity contribution in [1.82, 2.24) is 10.3 Å². The molecule has 6 nitrogen and oxygen atoms in total. The highest BCUT2D eigenvalue weighted by Crippen LogP contribution is 2.30. The maximum absolute atomic E-state index is 12.6. The highest BCUT2D eigenvalue weighted by atomic mass is 16.6. The highest BCUT2D eigenvalue weighted by molar-refractivity contribution is 6.05. The molecule has 0 unspecified atom stereocenters. The van der Waals surface area contributed by atoms with Gasteiger partial charge in [-0.15, -0.1) is 0 Å². The number of aromatic nitrogens is 2. The summed E-state index contributed by atoms with van der Waals surface area (Å²) in [4.78, 5) is 12.6. The van der Waals surface area contributed by atoms with Gasteiger partial charge in [0.15, 0.2) is 5.69 Å². The maximum atomic E-state index is 12.6. The zero-order chi connectivity index (χ0) is 19.5. The number of nitrogens with one attached hydrogen (secondary N) is 1. The van der Waals surface area contributed by atoms with E-state index < -0.39 is 0 Å². The predicted molar refractivity (Wildman–Crippen MR) is 107 cm³/mol. The summed E-state index contributed by atoms with van der Waals surface area (Å²) in [5.41, 5.74) is 4.68. The maximum Gasteiger partial charge on any atom is 0.256 e. The molecular formula is C22H23N3O3. The van der Waals surface area contributed by atoms with Gasteiger partial charge in [0.1, 0.15) is 5.75 Å². The van der Waals surface area contributed by atoms with Crippen LogP contribution in [0.4, 0.5) is 5.82 Å². The molecule has 1 aromatic heterocycles. The van der Waals surface area contributed by atoms with Crippen molar-refractivity contribution in [2.24, 2.45) is 0 Å². The van der Waals surface area contributed by atoms with Gasteiger partial charge in [-0.25, -0.2) is 4.63 Å². The monoisotopic (exact) mass is 377 g/mol. The normalized spacial score (nSPS) is 13.2. The van der Waals surface area contributed by atoms with Crippen molar-refractivity contribution < 1.29 is 14.2 Å². The summed E-state index contributed by atoms with van der Waals surface area (Å²) in [6.07, 6.45) is 4.71. The van der Waals surface area contributed by atoms with E-state index in [1.54, 1.807) is 24.3 Å². The number of benzene rings is 2. The highest BCUT2D eigenvalue weighted by Gasteiger charge is 2.18. The molecule has 1 amide bonds. The number of rotatable bonds is 5. The average Bonchev–Trinajstić information content (AvgIpc) is 3.15. The van der Waals surface area contributed by atoms with Crippen LogP contribution in [-0.4, -0.2) is 22.3 Å². The third-order valence-corrected chi connectivity index (χ3v) is 4.83.